The lowest BCUT2D eigenvalue weighted by Crippen LogP contribution is -2.41. The SMILES string of the molecule is C[C@]1(c2cccc3ccccc23)NC(=O)N(CC(=O)c2ccc(F)c(F)c2)C1=O. The first-order valence-electron chi connectivity index (χ1n) is 8.92. The van der Waals surface area contributed by atoms with Gasteiger partial charge in [0.2, 0.25) is 0 Å². The second-order valence-electron chi connectivity index (χ2n) is 7.03. The number of rotatable bonds is 4. The molecule has 0 bridgehead atoms. The van der Waals surface area contributed by atoms with Gasteiger partial charge in [-0.25, -0.2) is 13.6 Å². The molecule has 0 saturated carbocycles. The molecule has 0 unspecified atom stereocenters. The van der Waals surface area contributed by atoms with Gasteiger partial charge in [-0.2, -0.15) is 0 Å². The summed E-state index contributed by atoms with van der Waals surface area (Å²) < 4.78 is 26.5. The highest BCUT2D eigenvalue weighted by Gasteiger charge is 2.50. The predicted octanol–water partition coefficient (Wildman–Crippen LogP) is 3.77. The minimum atomic E-state index is -1.35. The molecule has 146 valence electrons. The Morgan fingerprint density at radius 3 is 2.48 bits per heavy atom. The second-order valence-corrected chi connectivity index (χ2v) is 7.03. The van der Waals surface area contributed by atoms with Crippen molar-refractivity contribution in [2.75, 3.05) is 6.54 Å². The molecular formula is C22H16F2N2O3. The zero-order chi connectivity index (χ0) is 20.8. The lowest BCUT2D eigenvalue weighted by molar-refractivity contribution is -0.130. The number of halogens is 2. The fourth-order valence-electron chi connectivity index (χ4n) is 3.59. The summed E-state index contributed by atoms with van der Waals surface area (Å²) in [6, 6.07) is 14.9. The molecule has 1 N–H and O–H groups in total. The van der Waals surface area contributed by atoms with E-state index in [4.69, 9.17) is 0 Å². The van der Waals surface area contributed by atoms with Crippen LogP contribution >= 0.6 is 0 Å². The molecule has 3 aromatic rings. The molecule has 1 atom stereocenters. The topological polar surface area (TPSA) is 66.5 Å². The Morgan fingerprint density at radius 2 is 1.72 bits per heavy atom. The van der Waals surface area contributed by atoms with Gasteiger partial charge in [-0.3, -0.25) is 14.5 Å². The van der Waals surface area contributed by atoms with Crippen molar-refractivity contribution in [1.29, 1.82) is 0 Å². The number of carbonyl (C=O) groups excluding carboxylic acids is 3. The van der Waals surface area contributed by atoms with Gasteiger partial charge in [-0.05, 0) is 41.5 Å². The Labute approximate surface area is 164 Å². The minimum Gasteiger partial charge on any atom is -0.319 e. The molecule has 0 aliphatic carbocycles. The Balaban J connectivity index is 1.66. The Hall–Kier alpha value is -3.61. The normalized spacial score (nSPS) is 18.9. The van der Waals surface area contributed by atoms with Gasteiger partial charge in [0, 0.05) is 5.56 Å². The quantitative estimate of drug-likeness (QED) is 0.541. The number of amides is 3. The number of nitrogens with zero attached hydrogens (tertiary/aromatic N) is 1. The summed E-state index contributed by atoms with van der Waals surface area (Å²) in [5.41, 5.74) is -0.869. The van der Waals surface area contributed by atoms with Crippen LogP contribution in [0.4, 0.5) is 13.6 Å². The van der Waals surface area contributed by atoms with Crippen LogP contribution in [0.3, 0.4) is 0 Å². The Kier molecular flexibility index (Phi) is 4.38. The van der Waals surface area contributed by atoms with Crippen molar-refractivity contribution < 1.29 is 23.2 Å². The first kappa shape index (κ1) is 18.7. The summed E-state index contributed by atoms with van der Waals surface area (Å²) in [7, 11) is 0. The van der Waals surface area contributed by atoms with Gasteiger partial charge in [-0.1, -0.05) is 42.5 Å². The number of nitrogens with one attached hydrogen (secondary N) is 1. The Morgan fingerprint density at radius 1 is 1.00 bits per heavy atom. The number of imide groups is 1. The lowest BCUT2D eigenvalue weighted by Gasteiger charge is -2.24. The molecule has 1 heterocycles. The van der Waals surface area contributed by atoms with Gasteiger partial charge < -0.3 is 5.32 Å². The van der Waals surface area contributed by atoms with Crippen LogP contribution < -0.4 is 5.32 Å². The van der Waals surface area contributed by atoms with E-state index in [0.717, 1.165) is 33.9 Å². The first-order chi connectivity index (χ1) is 13.8. The molecule has 3 aromatic carbocycles. The predicted molar refractivity (Wildman–Crippen MR) is 102 cm³/mol. The molecule has 0 aromatic heterocycles. The maximum atomic E-state index is 13.4. The zero-order valence-corrected chi connectivity index (χ0v) is 15.4. The maximum absolute atomic E-state index is 13.4. The Bertz CT molecular complexity index is 1170. The van der Waals surface area contributed by atoms with E-state index >= 15 is 0 Å². The monoisotopic (exact) mass is 394 g/mol. The van der Waals surface area contributed by atoms with Gasteiger partial charge in [0.25, 0.3) is 5.91 Å². The van der Waals surface area contributed by atoms with Gasteiger partial charge in [0.1, 0.15) is 5.54 Å². The van der Waals surface area contributed by atoms with E-state index in [1.165, 1.54) is 0 Å². The molecule has 1 aliphatic heterocycles. The van der Waals surface area contributed by atoms with Crippen LogP contribution in [-0.4, -0.2) is 29.2 Å². The molecule has 1 saturated heterocycles. The third-order valence-corrected chi connectivity index (χ3v) is 5.15. The largest absolute Gasteiger partial charge is 0.325 e. The second kappa shape index (κ2) is 6.77. The average Bonchev–Trinajstić information content (AvgIpc) is 2.93. The highest BCUT2D eigenvalue weighted by Crippen LogP contribution is 2.33. The van der Waals surface area contributed by atoms with Crippen molar-refractivity contribution in [3.05, 3.63) is 83.4 Å². The van der Waals surface area contributed by atoms with Crippen molar-refractivity contribution in [1.82, 2.24) is 10.2 Å². The smallest absolute Gasteiger partial charge is 0.319 e. The van der Waals surface area contributed by atoms with E-state index < -0.39 is 41.4 Å². The van der Waals surface area contributed by atoms with E-state index in [1.807, 2.05) is 30.3 Å². The fraction of sp³-hybridized carbons (Fsp3) is 0.136. The molecule has 0 spiro atoms. The van der Waals surface area contributed by atoms with Crippen LogP contribution in [0.2, 0.25) is 0 Å². The van der Waals surface area contributed by atoms with E-state index in [1.54, 1.807) is 19.1 Å². The highest BCUT2D eigenvalue weighted by atomic mass is 19.2. The molecule has 4 rings (SSSR count). The summed E-state index contributed by atoms with van der Waals surface area (Å²) in [6.45, 7) is 1.01. The number of carbonyl (C=O) groups is 3. The van der Waals surface area contributed by atoms with E-state index in [2.05, 4.69) is 5.32 Å². The molecule has 29 heavy (non-hydrogen) atoms. The van der Waals surface area contributed by atoms with Crippen LogP contribution in [0.25, 0.3) is 10.8 Å². The van der Waals surface area contributed by atoms with Crippen LogP contribution in [0.15, 0.2) is 60.7 Å². The first-order valence-corrected chi connectivity index (χ1v) is 8.92. The van der Waals surface area contributed by atoms with Crippen molar-refractivity contribution in [2.45, 2.75) is 12.5 Å². The van der Waals surface area contributed by atoms with Crippen LogP contribution in [0.5, 0.6) is 0 Å². The van der Waals surface area contributed by atoms with E-state index in [0.29, 0.717) is 5.56 Å². The molecule has 7 heteroatoms. The highest BCUT2D eigenvalue weighted by molar-refractivity contribution is 6.12. The number of fused-ring (bicyclic) bond motifs is 1. The van der Waals surface area contributed by atoms with Gasteiger partial charge >= 0.3 is 6.03 Å². The van der Waals surface area contributed by atoms with Crippen molar-refractivity contribution >= 4 is 28.5 Å². The third-order valence-electron chi connectivity index (χ3n) is 5.15. The number of Topliss-reactive ketones (excluding diaryl/α,β-unsaturated/α-hetero) is 1. The van der Waals surface area contributed by atoms with Crippen molar-refractivity contribution in [3.63, 3.8) is 0 Å². The molecule has 3 amide bonds. The number of ketones is 1. The van der Waals surface area contributed by atoms with Crippen LogP contribution in [-0.2, 0) is 10.3 Å². The average molecular weight is 394 g/mol. The number of hydrogen-bond donors (Lipinski definition) is 1. The number of urea groups is 1. The minimum absolute atomic E-state index is 0.122. The summed E-state index contributed by atoms with van der Waals surface area (Å²) in [4.78, 5) is 38.9. The summed E-state index contributed by atoms with van der Waals surface area (Å²) in [6.07, 6.45) is 0. The molecule has 1 aliphatic rings. The molecule has 1 fully saturated rings. The number of hydrogen-bond acceptors (Lipinski definition) is 3. The third kappa shape index (κ3) is 3.04. The fourth-order valence-corrected chi connectivity index (χ4v) is 3.59. The van der Waals surface area contributed by atoms with Gasteiger partial charge in [-0.15, -0.1) is 0 Å². The van der Waals surface area contributed by atoms with Gasteiger partial charge in [0.05, 0.1) is 6.54 Å². The van der Waals surface area contributed by atoms with Gasteiger partial charge in [0.15, 0.2) is 17.4 Å². The molecular weight excluding hydrogens is 378 g/mol. The van der Waals surface area contributed by atoms with Crippen LogP contribution in [0.1, 0.15) is 22.8 Å². The van der Waals surface area contributed by atoms with E-state index in [9.17, 15) is 23.2 Å². The standard InChI is InChI=1S/C22H16F2N2O3/c1-22(16-8-4-6-13-5-2-3-7-15(13)16)20(28)26(21(29)25-22)12-19(27)14-9-10-17(23)18(24)11-14/h2-11H,12H2,1H3,(H,25,29)/t22-/m1/s1. The van der Waals surface area contributed by atoms with E-state index in [-0.39, 0.29) is 5.56 Å². The lowest BCUT2D eigenvalue weighted by atomic mass is 9.88. The maximum Gasteiger partial charge on any atom is 0.325 e. The van der Waals surface area contributed by atoms with Crippen molar-refractivity contribution in [2.24, 2.45) is 0 Å². The molecule has 5 nitrogen and oxygen atoms in total. The zero-order valence-electron chi connectivity index (χ0n) is 15.4. The van der Waals surface area contributed by atoms with Crippen molar-refractivity contribution in [3.8, 4) is 0 Å². The molecule has 0 radical (unpaired) electrons. The summed E-state index contributed by atoms with van der Waals surface area (Å²) in [5, 5.41) is 4.38. The summed E-state index contributed by atoms with van der Waals surface area (Å²) in [5.74, 6) is -3.52. The van der Waals surface area contributed by atoms with Crippen LogP contribution in [0, 0.1) is 11.6 Å². The number of benzene rings is 3. The summed E-state index contributed by atoms with van der Waals surface area (Å²) >= 11 is 0.